The molecule has 0 saturated carbocycles. The first-order valence-corrected chi connectivity index (χ1v) is 4.31. The number of nitrogens with zero attached hydrogens (tertiary/aromatic N) is 1. The van der Waals surface area contributed by atoms with Gasteiger partial charge in [-0.1, -0.05) is 0 Å². The van der Waals surface area contributed by atoms with Gasteiger partial charge in [0.1, 0.15) is 0 Å². The van der Waals surface area contributed by atoms with Crippen LogP contribution in [0.2, 0.25) is 0 Å². The molecule has 15 heavy (non-hydrogen) atoms. The van der Waals surface area contributed by atoms with Gasteiger partial charge in [-0.25, -0.2) is 8.78 Å². The molecular formula is C11H9F2NO. The maximum absolute atomic E-state index is 12.6. The molecule has 0 heterocycles. The fourth-order valence-electron chi connectivity index (χ4n) is 1.44. The fourth-order valence-corrected chi connectivity index (χ4v) is 1.44. The van der Waals surface area contributed by atoms with Crippen molar-refractivity contribution in [3.05, 3.63) is 34.4 Å². The summed E-state index contributed by atoms with van der Waals surface area (Å²) in [4.78, 5) is 11.1. The summed E-state index contributed by atoms with van der Waals surface area (Å²) in [5.41, 5.74) is 0.152. The molecular weight excluding hydrogens is 200 g/mol. The van der Waals surface area contributed by atoms with E-state index in [-0.39, 0.29) is 22.3 Å². The van der Waals surface area contributed by atoms with Crippen molar-refractivity contribution in [2.45, 2.75) is 20.3 Å². The zero-order valence-electron chi connectivity index (χ0n) is 8.34. The van der Waals surface area contributed by atoms with Crippen molar-refractivity contribution < 1.29 is 13.6 Å². The Labute approximate surface area is 86.1 Å². The van der Waals surface area contributed by atoms with Crippen LogP contribution in [-0.4, -0.2) is 5.78 Å². The van der Waals surface area contributed by atoms with Gasteiger partial charge < -0.3 is 0 Å². The molecule has 0 atom stereocenters. The monoisotopic (exact) mass is 209 g/mol. The maximum atomic E-state index is 12.6. The fraction of sp³-hybridized carbons (Fsp3) is 0.273. The molecule has 1 rings (SSSR count). The minimum atomic E-state index is -2.70. The molecule has 0 unspecified atom stereocenters. The lowest BCUT2D eigenvalue weighted by molar-refractivity contribution is 0.0998. The maximum Gasteiger partial charge on any atom is 0.264 e. The van der Waals surface area contributed by atoms with Crippen LogP contribution >= 0.6 is 0 Å². The number of Topliss-reactive ketones (excluding diaryl/α,β-unsaturated/α-hetero) is 1. The Morgan fingerprint density at radius 1 is 1.47 bits per heavy atom. The zero-order chi connectivity index (χ0) is 11.6. The Morgan fingerprint density at radius 2 is 2.07 bits per heavy atom. The van der Waals surface area contributed by atoms with E-state index in [0.29, 0.717) is 0 Å². The molecule has 0 fully saturated rings. The molecule has 0 N–H and O–H groups in total. The van der Waals surface area contributed by atoms with Gasteiger partial charge in [0.2, 0.25) is 0 Å². The van der Waals surface area contributed by atoms with E-state index in [1.165, 1.54) is 26.0 Å². The normalized spacial score (nSPS) is 10.1. The summed E-state index contributed by atoms with van der Waals surface area (Å²) in [5.74, 6) is -0.453. The smallest absolute Gasteiger partial charge is 0.264 e. The third kappa shape index (κ3) is 2.18. The van der Waals surface area contributed by atoms with Crippen LogP contribution in [0.1, 0.15) is 40.4 Å². The molecule has 0 aliphatic carbocycles. The predicted molar refractivity (Wildman–Crippen MR) is 50.9 cm³/mol. The molecule has 0 aliphatic rings. The average molecular weight is 209 g/mol. The minimum Gasteiger partial charge on any atom is -0.294 e. The molecule has 0 radical (unpaired) electrons. The second-order valence-corrected chi connectivity index (χ2v) is 3.22. The molecule has 2 nitrogen and oxygen atoms in total. The SMILES string of the molecule is CC(=O)c1cc(C#N)cc(C)c1C(F)F. The first-order valence-electron chi connectivity index (χ1n) is 4.31. The van der Waals surface area contributed by atoms with Gasteiger partial charge in [0.25, 0.3) is 6.43 Å². The van der Waals surface area contributed by atoms with Crippen molar-refractivity contribution in [3.8, 4) is 6.07 Å². The van der Waals surface area contributed by atoms with Gasteiger partial charge in [0, 0.05) is 11.1 Å². The number of aryl methyl sites for hydroxylation is 1. The highest BCUT2D eigenvalue weighted by Crippen LogP contribution is 2.28. The van der Waals surface area contributed by atoms with E-state index in [4.69, 9.17) is 5.26 Å². The van der Waals surface area contributed by atoms with E-state index < -0.39 is 12.2 Å². The van der Waals surface area contributed by atoms with Crippen molar-refractivity contribution >= 4 is 5.78 Å². The molecule has 1 aromatic rings. The minimum absolute atomic E-state index is 0.0680. The van der Waals surface area contributed by atoms with Crippen molar-refractivity contribution in [1.29, 1.82) is 5.26 Å². The summed E-state index contributed by atoms with van der Waals surface area (Å²) >= 11 is 0. The van der Waals surface area contributed by atoms with E-state index in [1.54, 1.807) is 0 Å². The Balaban J connectivity index is 3.51. The molecule has 0 aliphatic heterocycles. The summed E-state index contributed by atoms with van der Waals surface area (Å²) in [6.45, 7) is 2.68. The van der Waals surface area contributed by atoms with E-state index in [2.05, 4.69) is 0 Å². The highest BCUT2D eigenvalue weighted by Gasteiger charge is 2.19. The Bertz CT molecular complexity index is 447. The number of alkyl halides is 2. The molecule has 0 spiro atoms. The number of rotatable bonds is 2. The van der Waals surface area contributed by atoms with E-state index in [0.717, 1.165) is 0 Å². The summed E-state index contributed by atoms with van der Waals surface area (Å²) < 4.78 is 25.3. The number of benzene rings is 1. The second-order valence-electron chi connectivity index (χ2n) is 3.22. The van der Waals surface area contributed by atoms with Crippen molar-refractivity contribution in [2.75, 3.05) is 0 Å². The number of nitriles is 1. The van der Waals surface area contributed by atoms with Crippen LogP contribution < -0.4 is 0 Å². The van der Waals surface area contributed by atoms with Crippen LogP contribution in [-0.2, 0) is 0 Å². The first kappa shape index (κ1) is 11.3. The summed E-state index contributed by atoms with van der Waals surface area (Å²) in [6.07, 6.45) is -2.70. The van der Waals surface area contributed by atoms with Gasteiger partial charge in [-0.15, -0.1) is 0 Å². The van der Waals surface area contributed by atoms with Crippen molar-refractivity contribution in [3.63, 3.8) is 0 Å². The van der Waals surface area contributed by atoms with E-state index in [1.807, 2.05) is 6.07 Å². The largest absolute Gasteiger partial charge is 0.294 e. The number of halogens is 2. The van der Waals surface area contributed by atoms with Gasteiger partial charge in [-0.2, -0.15) is 5.26 Å². The third-order valence-electron chi connectivity index (χ3n) is 2.11. The van der Waals surface area contributed by atoms with Crippen LogP contribution in [0.5, 0.6) is 0 Å². The Kier molecular flexibility index (Phi) is 3.15. The molecule has 0 saturated heterocycles. The number of carbonyl (C=O) groups is 1. The first-order chi connectivity index (χ1) is 6.97. The Morgan fingerprint density at radius 3 is 2.47 bits per heavy atom. The quantitative estimate of drug-likeness (QED) is 0.702. The number of ketones is 1. The van der Waals surface area contributed by atoms with E-state index in [9.17, 15) is 13.6 Å². The molecule has 78 valence electrons. The van der Waals surface area contributed by atoms with Crippen LogP contribution in [0.4, 0.5) is 8.78 Å². The lowest BCUT2D eigenvalue weighted by Crippen LogP contribution is -2.03. The topological polar surface area (TPSA) is 40.9 Å². The number of carbonyl (C=O) groups excluding carboxylic acids is 1. The average Bonchev–Trinajstić information content (AvgIpc) is 2.15. The zero-order valence-corrected chi connectivity index (χ0v) is 8.34. The third-order valence-corrected chi connectivity index (χ3v) is 2.11. The lowest BCUT2D eigenvalue weighted by atomic mass is 9.97. The molecule has 0 bridgehead atoms. The van der Waals surface area contributed by atoms with Gasteiger partial charge in [-0.05, 0) is 31.5 Å². The standard InChI is InChI=1S/C11H9F2NO/c1-6-3-8(5-14)4-9(7(2)15)10(6)11(12)13/h3-4,11H,1-2H3. The summed E-state index contributed by atoms with van der Waals surface area (Å²) in [5, 5.41) is 8.65. The predicted octanol–water partition coefficient (Wildman–Crippen LogP) is 3.01. The number of hydrogen-bond donors (Lipinski definition) is 0. The molecule has 1 aromatic carbocycles. The van der Waals surface area contributed by atoms with Gasteiger partial charge in [-0.3, -0.25) is 4.79 Å². The molecule has 0 amide bonds. The molecule has 0 aromatic heterocycles. The highest BCUT2D eigenvalue weighted by atomic mass is 19.3. The summed E-state index contributed by atoms with van der Waals surface area (Å²) in [7, 11) is 0. The molecule has 4 heteroatoms. The van der Waals surface area contributed by atoms with Crippen LogP contribution in [0.25, 0.3) is 0 Å². The second kappa shape index (κ2) is 4.18. The highest BCUT2D eigenvalue weighted by molar-refractivity contribution is 5.96. The van der Waals surface area contributed by atoms with Crippen LogP contribution in [0.3, 0.4) is 0 Å². The lowest BCUT2D eigenvalue weighted by Gasteiger charge is -2.10. The van der Waals surface area contributed by atoms with Gasteiger partial charge in [0.05, 0.1) is 11.6 Å². The Hall–Kier alpha value is -1.76. The van der Waals surface area contributed by atoms with Gasteiger partial charge >= 0.3 is 0 Å². The van der Waals surface area contributed by atoms with Crippen molar-refractivity contribution in [1.82, 2.24) is 0 Å². The van der Waals surface area contributed by atoms with Gasteiger partial charge in [0.15, 0.2) is 5.78 Å². The summed E-state index contributed by atoms with van der Waals surface area (Å²) in [6, 6.07) is 4.39. The number of hydrogen-bond acceptors (Lipinski definition) is 2. The van der Waals surface area contributed by atoms with Crippen molar-refractivity contribution in [2.24, 2.45) is 0 Å². The van der Waals surface area contributed by atoms with Crippen LogP contribution in [0.15, 0.2) is 12.1 Å². The van der Waals surface area contributed by atoms with Crippen LogP contribution in [0, 0.1) is 18.3 Å². The van der Waals surface area contributed by atoms with E-state index >= 15 is 0 Å².